The van der Waals surface area contributed by atoms with Crippen LogP contribution in [0.4, 0.5) is 10.1 Å². The van der Waals surface area contributed by atoms with Gasteiger partial charge in [0, 0.05) is 37.4 Å². The quantitative estimate of drug-likeness (QED) is 0.527. The first-order chi connectivity index (χ1) is 15.0. The second kappa shape index (κ2) is 7.79. The molecule has 1 aliphatic heterocycles. The van der Waals surface area contributed by atoms with Crippen LogP contribution < -0.4 is 4.90 Å². The third-order valence-electron chi connectivity index (χ3n) is 5.57. The van der Waals surface area contributed by atoms with Gasteiger partial charge >= 0.3 is 0 Å². The minimum absolute atomic E-state index is 0.249. The number of anilines is 1. The molecule has 1 aliphatic rings. The highest BCUT2D eigenvalue weighted by atomic mass is 32.2. The molecule has 0 spiro atoms. The molecule has 0 atom stereocenters. The van der Waals surface area contributed by atoms with E-state index in [1.165, 1.54) is 16.4 Å². The Morgan fingerprint density at radius 3 is 2.29 bits per heavy atom. The van der Waals surface area contributed by atoms with E-state index in [0.29, 0.717) is 37.5 Å². The summed E-state index contributed by atoms with van der Waals surface area (Å²) in [7, 11) is -3.62. The third kappa shape index (κ3) is 3.80. The Morgan fingerprint density at radius 2 is 1.58 bits per heavy atom. The fourth-order valence-corrected chi connectivity index (χ4v) is 5.32. The summed E-state index contributed by atoms with van der Waals surface area (Å²) >= 11 is 0. The maximum Gasteiger partial charge on any atom is 0.243 e. The van der Waals surface area contributed by atoms with Gasteiger partial charge in [0.2, 0.25) is 10.0 Å². The Hall–Kier alpha value is -3.23. The molecule has 0 saturated carbocycles. The Morgan fingerprint density at radius 1 is 0.871 bits per heavy atom. The largest absolute Gasteiger partial charge is 0.369 e. The van der Waals surface area contributed by atoms with Crippen molar-refractivity contribution in [1.29, 1.82) is 0 Å². The van der Waals surface area contributed by atoms with Gasteiger partial charge in [0.05, 0.1) is 15.9 Å². The van der Waals surface area contributed by atoms with E-state index in [2.05, 4.69) is 14.9 Å². The second-order valence-electron chi connectivity index (χ2n) is 7.50. The first-order valence-corrected chi connectivity index (χ1v) is 11.5. The molecule has 1 fully saturated rings. The number of hydrogen-bond donors (Lipinski definition) is 1. The van der Waals surface area contributed by atoms with Crippen molar-refractivity contribution in [2.24, 2.45) is 0 Å². The van der Waals surface area contributed by atoms with Gasteiger partial charge in [-0.15, -0.1) is 0 Å². The van der Waals surface area contributed by atoms with Crippen molar-refractivity contribution >= 4 is 26.7 Å². The van der Waals surface area contributed by atoms with Crippen LogP contribution in [0.3, 0.4) is 0 Å². The van der Waals surface area contributed by atoms with Crippen LogP contribution in [0.5, 0.6) is 0 Å². The number of imidazole rings is 1. The molecule has 31 heavy (non-hydrogen) atoms. The molecule has 0 radical (unpaired) electrons. The molecule has 4 aromatic rings. The lowest BCUT2D eigenvalue weighted by Gasteiger charge is -2.35. The highest BCUT2D eigenvalue weighted by Crippen LogP contribution is 2.26. The minimum Gasteiger partial charge on any atom is -0.369 e. The van der Waals surface area contributed by atoms with E-state index in [9.17, 15) is 12.8 Å². The van der Waals surface area contributed by atoms with Gasteiger partial charge in [-0.1, -0.05) is 30.3 Å². The Bertz CT molecular complexity index is 1310. The number of hydrogen-bond acceptors (Lipinski definition) is 4. The summed E-state index contributed by atoms with van der Waals surface area (Å²) in [6, 6.07) is 21.0. The van der Waals surface area contributed by atoms with Crippen molar-refractivity contribution < 1.29 is 12.8 Å². The van der Waals surface area contributed by atoms with Crippen LogP contribution in [0.2, 0.25) is 0 Å². The number of halogens is 1. The van der Waals surface area contributed by atoms with Crippen LogP contribution in [0.25, 0.3) is 22.4 Å². The molecule has 0 bridgehead atoms. The number of nitrogens with one attached hydrogen (secondary N) is 1. The molecule has 3 aromatic carbocycles. The van der Waals surface area contributed by atoms with E-state index in [4.69, 9.17) is 0 Å². The van der Waals surface area contributed by atoms with E-state index >= 15 is 0 Å². The Kier molecular flexibility index (Phi) is 4.95. The second-order valence-corrected chi connectivity index (χ2v) is 9.44. The van der Waals surface area contributed by atoms with Gasteiger partial charge in [0.25, 0.3) is 0 Å². The molecular weight excluding hydrogens is 415 g/mol. The van der Waals surface area contributed by atoms with Crippen molar-refractivity contribution in [2.45, 2.75) is 4.90 Å². The molecule has 6 nitrogen and oxygen atoms in total. The zero-order valence-corrected chi connectivity index (χ0v) is 17.5. The number of H-pyrrole nitrogens is 1. The normalized spacial score (nSPS) is 15.5. The Balaban J connectivity index is 1.36. The van der Waals surface area contributed by atoms with Gasteiger partial charge in [-0.2, -0.15) is 4.31 Å². The topological polar surface area (TPSA) is 69.3 Å². The number of sulfonamides is 1. The summed E-state index contributed by atoms with van der Waals surface area (Å²) in [5, 5.41) is 0. The molecule has 0 unspecified atom stereocenters. The van der Waals surface area contributed by atoms with Gasteiger partial charge in [-0.05, 0) is 42.5 Å². The standard InChI is InChI=1S/C23H21FN4O2S/c24-18-6-8-19(9-7-18)27-12-14-28(15-13-27)31(29,30)20-10-11-21-22(16-20)26-23(25-21)17-4-2-1-3-5-17/h1-11,16H,12-15H2,(H,25,26). The van der Waals surface area contributed by atoms with Crippen molar-refractivity contribution in [1.82, 2.24) is 14.3 Å². The molecule has 1 aromatic heterocycles. The average Bonchev–Trinajstić information content (AvgIpc) is 3.24. The molecule has 0 aliphatic carbocycles. The van der Waals surface area contributed by atoms with Crippen LogP contribution in [0.1, 0.15) is 0 Å². The summed E-state index contributed by atoms with van der Waals surface area (Å²) in [6.07, 6.45) is 0. The van der Waals surface area contributed by atoms with Crippen molar-refractivity contribution in [2.75, 3.05) is 31.1 Å². The number of aromatic nitrogens is 2. The molecule has 1 N–H and O–H groups in total. The first kappa shape index (κ1) is 19.7. The number of piperazine rings is 1. The maximum atomic E-state index is 13.2. The zero-order valence-electron chi connectivity index (χ0n) is 16.7. The summed E-state index contributed by atoms with van der Waals surface area (Å²) in [5.41, 5.74) is 3.24. The molecule has 0 amide bonds. The Labute approximate surface area is 180 Å². The third-order valence-corrected chi connectivity index (χ3v) is 7.46. The molecule has 2 heterocycles. The predicted molar refractivity (Wildman–Crippen MR) is 119 cm³/mol. The summed E-state index contributed by atoms with van der Waals surface area (Å²) in [5.74, 6) is 0.424. The van der Waals surface area contributed by atoms with E-state index < -0.39 is 10.0 Å². The number of nitrogens with zero attached hydrogens (tertiary/aromatic N) is 3. The predicted octanol–water partition coefficient (Wildman–Crippen LogP) is 3.88. The van der Waals surface area contributed by atoms with E-state index in [0.717, 1.165) is 16.8 Å². The summed E-state index contributed by atoms with van der Waals surface area (Å²) < 4.78 is 41.1. The summed E-state index contributed by atoms with van der Waals surface area (Å²) in [6.45, 7) is 1.84. The highest BCUT2D eigenvalue weighted by Gasteiger charge is 2.29. The van der Waals surface area contributed by atoms with E-state index in [1.54, 1.807) is 30.3 Å². The highest BCUT2D eigenvalue weighted by molar-refractivity contribution is 7.89. The lowest BCUT2D eigenvalue weighted by atomic mass is 10.2. The average molecular weight is 437 g/mol. The van der Waals surface area contributed by atoms with Gasteiger partial charge < -0.3 is 9.88 Å². The fourth-order valence-electron chi connectivity index (χ4n) is 3.87. The van der Waals surface area contributed by atoms with Crippen LogP contribution in [-0.2, 0) is 10.0 Å². The maximum absolute atomic E-state index is 13.2. The zero-order chi connectivity index (χ0) is 21.4. The molecule has 158 valence electrons. The molecule has 1 saturated heterocycles. The van der Waals surface area contributed by atoms with Gasteiger partial charge in [-0.25, -0.2) is 17.8 Å². The number of fused-ring (bicyclic) bond motifs is 1. The number of aromatic amines is 1. The van der Waals surface area contributed by atoms with Crippen molar-refractivity contribution in [3.63, 3.8) is 0 Å². The van der Waals surface area contributed by atoms with Gasteiger partial charge in [0.15, 0.2) is 0 Å². The first-order valence-electron chi connectivity index (χ1n) is 10.1. The lowest BCUT2D eigenvalue weighted by Crippen LogP contribution is -2.48. The van der Waals surface area contributed by atoms with Crippen molar-refractivity contribution in [3.8, 4) is 11.4 Å². The van der Waals surface area contributed by atoms with Crippen molar-refractivity contribution in [3.05, 3.63) is 78.6 Å². The van der Waals surface area contributed by atoms with Gasteiger partial charge in [-0.3, -0.25) is 0 Å². The van der Waals surface area contributed by atoms with E-state index in [-0.39, 0.29) is 10.7 Å². The monoisotopic (exact) mass is 436 g/mol. The number of benzene rings is 3. The molecule has 8 heteroatoms. The summed E-state index contributed by atoms with van der Waals surface area (Å²) in [4.78, 5) is 10.1. The smallest absolute Gasteiger partial charge is 0.243 e. The molecule has 5 rings (SSSR count). The van der Waals surface area contributed by atoms with E-state index in [1.807, 2.05) is 30.3 Å². The van der Waals surface area contributed by atoms with Crippen LogP contribution >= 0.6 is 0 Å². The SMILES string of the molecule is O=S(=O)(c1ccc2nc(-c3ccccc3)[nH]c2c1)N1CCN(c2ccc(F)cc2)CC1. The fraction of sp³-hybridized carbons (Fsp3) is 0.174. The molecular formula is C23H21FN4O2S. The van der Waals surface area contributed by atoms with Crippen LogP contribution in [-0.4, -0.2) is 48.9 Å². The van der Waals surface area contributed by atoms with Crippen LogP contribution in [0.15, 0.2) is 77.7 Å². The number of rotatable bonds is 4. The van der Waals surface area contributed by atoms with Gasteiger partial charge in [0.1, 0.15) is 11.6 Å². The van der Waals surface area contributed by atoms with Crippen LogP contribution in [0, 0.1) is 5.82 Å². The lowest BCUT2D eigenvalue weighted by molar-refractivity contribution is 0.385. The minimum atomic E-state index is -3.62.